The number of thioether (sulfide) groups is 1. The molecule has 2 N–H and O–H groups in total. The molecular weight excluding hydrogens is 449 g/mol. The lowest BCUT2D eigenvalue weighted by atomic mass is 9.99. The Labute approximate surface area is 175 Å². The van der Waals surface area contributed by atoms with Crippen LogP contribution in [0.3, 0.4) is 0 Å². The lowest BCUT2D eigenvalue weighted by molar-refractivity contribution is 0.0793. The molecule has 0 saturated carbocycles. The summed E-state index contributed by atoms with van der Waals surface area (Å²) in [7, 11) is 0. The molecule has 0 amide bonds. The van der Waals surface area contributed by atoms with E-state index >= 15 is 0 Å². The predicted molar refractivity (Wildman–Crippen MR) is 121 cm³/mol. The second-order valence-electron chi connectivity index (χ2n) is 6.67. The Bertz CT molecular complexity index is 346. The molecule has 1 rings (SSSR count). The average molecular weight is 487 g/mol. The van der Waals surface area contributed by atoms with Crippen LogP contribution < -0.4 is 10.6 Å². The molecule has 150 valence electrons. The number of hydrogen-bond donors (Lipinski definition) is 2. The molecule has 0 radical (unpaired) electrons. The Balaban J connectivity index is 0.00000576. The number of nitrogens with one attached hydrogen (secondary N) is 2. The van der Waals surface area contributed by atoms with Crippen LogP contribution in [0.5, 0.6) is 0 Å². The minimum atomic E-state index is 0. The van der Waals surface area contributed by atoms with Gasteiger partial charge in [-0.05, 0) is 37.9 Å². The molecule has 0 spiro atoms. The molecule has 0 aliphatic carbocycles. The molecule has 1 saturated heterocycles. The van der Waals surface area contributed by atoms with E-state index in [9.17, 15) is 0 Å². The molecule has 0 atom stereocenters. The maximum atomic E-state index is 5.62. The van der Waals surface area contributed by atoms with E-state index in [-0.39, 0.29) is 28.7 Å². The molecule has 0 unspecified atom stereocenters. The second kappa shape index (κ2) is 15.3. The van der Waals surface area contributed by atoms with E-state index in [2.05, 4.69) is 38.3 Å². The van der Waals surface area contributed by atoms with Crippen LogP contribution in [0.25, 0.3) is 0 Å². The van der Waals surface area contributed by atoms with E-state index in [4.69, 9.17) is 14.5 Å². The molecule has 1 aliphatic heterocycles. The van der Waals surface area contributed by atoms with Gasteiger partial charge < -0.3 is 20.1 Å². The Morgan fingerprint density at radius 1 is 1.24 bits per heavy atom. The maximum Gasteiger partial charge on any atom is 0.191 e. The lowest BCUT2D eigenvalue weighted by Crippen LogP contribution is -2.41. The predicted octanol–water partition coefficient (Wildman–Crippen LogP) is 3.52. The van der Waals surface area contributed by atoms with Crippen molar-refractivity contribution in [3.63, 3.8) is 0 Å². The fourth-order valence-corrected chi connectivity index (χ4v) is 3.89. The highest BCUT2D eigenvalue weighted by molar-refractivity contribution is 14.0. The third-order valence-corrected chi connectivity index (χ3v) is 5.37. The van der Waals surface area contributed by atoms with E-state index in [1.54, 1.807) is 0 Å². The standard InChI is InChI=1S/C18H37N3O2S.HI/c1-5-19-17(20-10-7-11-23-14-16(3)4)21-15-18(24-6-2)8-12-22-13-9-18;/h16H,5-15H2,1-4H3,(H2,19,20,21);1H. The second-order valence-corrected chi connectivity index (χ2v) is 8.40. The van der Waals surface area contributed by atoms with Crippen LogP contribution in [0, 0.1) is 5.92 Å². The summed E-state index contributed by atoms with van der Waals surface area (Å²) in [6.07, 6.45) is 3.19. The third-order valence-electron chi connectivity index (χ3n) is 3.93. The number of aliphatic imine (C=N–C) groups is 1. The summed E-state index contributed by atoms with van der Waals surface area (Å²) in [5, 5.41) is 6.77. The average Bonchev–Trinajstić information content (AvgIpc) is 2.56. The Morgan fingerprint density at radius 2 is 1.96 bits per heavy atom. The van der Waals surface area contributed by atoms with E-state index in [1.807, 2.05) is 11.8 Å². The van der Waals surface area contributed by atoms with Crippen molar-refractivity contribution in [2.75, 3.05) is 51.8 Å². The maximum absolute atomic E-state index is 5.62. The summed E-state index contributed by atoms with van der Waals surface area (Å²) >= 11 is 2.03. The molecule has 0 aromatic carbocycles. The normalized spacial score (nSPS) is 17.2. The van der Waals surface area contributed by atoms with Crippen molar-refractivity contribution in [3.05, 3.63) is 0 Å². The van der Waals surface area contributed by atoms with Crippen molar-refractivity contribution in [3.8, 4) is 0 Å². The molecule has 1 aliphatic rings. The van der Waals surface area contributed by atoms with Crippen LogP contribution in [0.1, 0.15) is 47.0 Å². The van der Waals surface area contributed by atoms with Gasteiger partial charge in [-0.15, -0.1) is 24.0 Å². The fourth-order valence-electron chi connectivity index (χ4n) is 2.66. The number of nitrogens with zero attached hydrogens (tertiary/aromatic N) is 1. The number of ether oxygens (including phenoxy) is 2. The molecule has 1 fully saturated rings. The first-order valence-electron chi connectivity index (χ1n) is 9.43. The number of halogens is 1. The summed E-state index contributed by atoms with van der Waals surface area (Å²) in [4.78, 5) is 4.85. The largest absolute Gasteiger partial charge is 0.381 e. The van der Waals surface area contributed by atoms with Gasteiger partial charge in [0.1, 0.15) is 0 Å². The van der Waals surface area contributed by atoms with Crippen LogP contribution in [-0.4, -0.2) is 62.5 Å². The summed E-state index contributed by atoms with van der Waals surface area (Å²) in [6.45, 7) is 14.7. The minimum Gasteiger partial charge on any atom is -0.381 e. The van der Waals surface area contributed by atoms with Gasteiger partial charge in [0.15, 0.2) is 5.96 Å². The highest BCUT2D eigenvalue weighted by Gasteiger charge is 2.32. The number of guanidine groups is 1. The summed E-state index contributed by atoms with van der Waals surface area (Å²) in [5.74, 6) is 2.65. The molecule has 5 nitrogen and oxygen atoms in total. The fraction of sp³-hybridized carbons (Fsp3) is 0.944. The molecule has 7 heteroatoms. The summed E-state index contributed by atoms with van der Waals surface area (Å²) < 4.78 is 11.4. The third kappa shape index (κ3) is 11.6. The van der Waals surface area contributed by atoms with Crippen LogP contribution in [0.4, 0.5) is 0 Å². The molecule has 25 heavy (non-hydrogen) atoms. The highest BCUT2D eigenvalue weighted by Crippen LogP contribution is 2.35. The Kier molecular flexibility index (Phi) is 15.5. The van der Waals surface area contributed by atoms with Gasteiger partial charge in [0, 0.05) is 44.3 Å². The molecule has 0 aromatic rings. The van der Waals surface area contributed by atoms with Gasteiger partial charge >= 0.3 is 0 Å². The zero-order chi connectivity index (χ0) is 17.7. The Morgan fingerprint density at radius 3 is 2.56 bits per heavy atom. The van der Waals surface area contributed by atoms with Crippen molar-refractivity contribution >= 4 is 41.7 Å². The lowest BCUT2D eigenvalue weighted by Gasteiger charge is -2.35. The molecule has 0 bridgehead atoms. The first kappa shape index (κ1) is 25.3. The van der Waals surface area contributed by atoms with Gasteiger partial charge in [0.05, 0.1) is 6.54 Å². The quantitative estimate of drug-likeness (QED) is 0.202. The topological polar surface area (TPSA) is 54.9 Å². The zero-order valence-electron chi connectivity index (χ0n) is 16.4. The van der Waals surface area contributed by atoms with Crippen molar-refractivity contribution in [1.82, 2.24) is 10.6 Å². The summed E-state index contributed by atoms with van der Waals surface area (Å²) in [5.41, 5.74) is 0. The van der Waals surface area contributed by atoms with E-state index in [0.717, 1.165) is 77.0 Å². The van der Waals surface area contributed by atoms with Crippen LogP contribution in [0.15, 0.2) is 4.99 Å². The van der Waals surface area contributed by atoms with Crippen molar-refractivity contribution < 1.29 is 9.47 Å². The van der Waals surface area contributed by atoms with Gasteiger partial charge in [-0.25, -0.2) is 0 Å². The van der Waals surface area contributed by atoms with Crippen LogP contribution in [-0.2, 0) is 9.47 Å². The van der Waals surface area contributed by atoms with Crippen molar-refractivity contribution in [2.45, 2.75) is 51.7 Å². The van der Waals surface area contributed by atoms with Gasteiger partial charge in [0.25, 0.3) is 0 Å². The summed E-state index contributed by atoms with van der Waals surface area (Å²) in [6, 6.07) is 0. The highest BCUT2D eigenvalue weighted by atomic mass is 127. The van der Waals surface area contributed by atoms with E-state index < -0.39 is 0 Å². The smallest absolute Gasteiger partial charge is 0.191 e. The van der Waals surface area contributed by atoms with E-state index in [1.165, 1.54) is 0 Å². The van der Waals surface area contributed by atoms with Crippen molar-refractivity contribution in [1.29, 1.82) is 0 Å². The first-order valence-corrected chi connectivity index (χ1v) is 10.4. The number of rotatable bonds is 11. The first-order chi connectivity index (χ1) is 11.6. The SMILES string of the molecule is CCNC(=NCC1(SCC)CCOCC1)NCCCOCC(C)C.I. The van der Waals surface area contributed by atoms with Crippen LogP contribution in [0.2, 0.25) is 0 Å². The Hall–Kier alpha value is 0.270. The minimum absolute atomic E-state index is 0. The number of hydrogen-bond acceptors (Lipinski definition) is 4. The molecule has 0 aromatic heterocycles. The van der Waals surface area contributed by atoms with E-state index in [0.29, 0.717) is 5.92 Å². The molecular formula is C18H38IN3O2S. The monoisotopic (exact) mass is 487 g/mol. The van der Waals surface area contributed by atoms with Crippen molar-refractivity contribution in [2.24, 2.45) is 10.9 Å². The van der Waals surface area contributed by atoms with Gasteiger partial charge in [0.2, 0.25) is 0 Å². The zero-order valence-corrected chi connectivity index (χ0v) is 19.6. The van der Waals surface area contributed by atoms with Crippen LogP contribution >= 0.6 is 35.7 Å². The van der Waals surface area contributed by atoms with Gasteiger partial charge in [-0.3, -0.25) is 4.99 Å². The van der Waals surface area contributed by atoms with Gasteiger partial charge in [-0.2, -0.15) is 11.8 Å². The van der Waals surface area contributed by atoms with Gasteiger partial charge in [-0.1, -0.05) is 20.8 Å². The molecule has 1 heterocycles.